The van der Waals surface area contributed by atoms with Crippen LogP contribution >= 0.6 is 0 Å². The highest BCUT2D eigenvalue weighted by Gasteiger charge is 2.24. The molecule has 0 saturated heterocycles. The lowest BCUT2D eigenvalue weighted by atomic mass is 10.00. The minimum atomic E-state index is -0.461. The van der Waals surface area contributed by atoms with E-state index < -0.39 is 10.9 Å². The first-order valence-corrected chi connectivity index (χ1v) is 11.4. The Morgan fingerprint density at radius 3 is 2.39 bits per heavy atom. The summed E-state index contributed by atoms with van der Waals surface area (Å²) in [7, 11) is 3.98. The molecule has 3 aromatic rings. The van der Waals surface area contributed by atoms with Crippen molar-refractivity contribution >= 4 is 16.9 Å². The Hall–Kier alpha value is -3.38. The first-order chi connectivity index (χ1) is 15.8. The van der Waals surface area contributed by atoms with Gasteiger partial charge >= 0.3 is 0 Å². The van der Waals surface area contributed by atoms with Crippen LogP contribution in [0.3, 0.4) is 0 Å². The molecule has 1 aliphatic rings. The fourth-order valence-corrected chi connectivity index (χ4v) is 4.43. The summed E-state index contributed by atoms with van der Waals surface area (Å²) in [4.78, 5) is 26.7. The maximum Gasteiger partial charge on any atom is 0.253 e. The highest BCUT2D eigenvalue weighted by atomic mass is 16.3. The van der Waals surface area contributed by atoms with Crippen molar-refractivity contribution in [3.8, 4) is 5.75 Å². The van der Waals surface area contributed by atoms with E-state index >= 15 is 0 Å². The summed E-state index contributed by atoms with van der Waals surface area (Å²) >= 11 is 0. The van der Waals surface area contributed by atoms with Crippen molar-refractivity contribution in [2.45, 2.75) is 38.3 Å². The summed E-state index contributed by atoms with van der Waals surface area (Å²) in [6.45, 7) is 2.57. The molecule has 1 aliphatic carbocycles. The number of hydrogen-bond acceptors (Lipinski definition) is 6. The number of rotatable bonds is 10. The van der Waals surface area contributed by atoms with Crippen molar-refractivity contribution in [3.05, 3.63) is 91.7 Å². The van der Waals surface area contributed by atoms with Gasteiger partial charge in [0.1, 0.15) is 17.1 Å². The van der Waals surface area contributed by atoms with Gasteiger partial charge < -0.3 is 20.6 Å². The number of fused-ring (bicyclic) bond motifs is 1. The number of likely N-dealkylation sites (N-methyl/N-ethyl adjacent to an activating group) is 1. The Labute approximate surface area is 194 Å². The van der Waals surface area contributed by atoms with Crippen LogP contribution in [0.4, 0.5) is 11.4 Å². The summed E-state index contributed by atoms with van der Waals surface area (Å²) in [5.74, 6) is 0.240. The molecule has 2 atom stereocenters. The molecule has 3 N–H and O–H groups in total. The summed E-state index contributed by atoms with van der Waals surface area (Å²) < 4.78 is 0. The molecule has 4 rings (SSSR count). The molecule has 3 aromatic carbocycles. The lowest BCUT2D eigenvalue weighted by molar-refractivity contribution is 0.303. The molecule has 33 heavy (non-hydrogen) atoms. The maximum atomic E-state index is 12.3. The second-order valence-electron chi connectivity index (χ2n) is 9.12. The maximum absolute atomic E-state index is 12.3. The second-order valence-corrected chi connectivity index (χ2v) is 9.12. The zero-order valence-corrected chi connectivity index (χ0v) is 19.4. The van der Waals surface area contributed by atoms with E-state index in [-0.39, 0.29) is 17.8 Å². The van der Waals surface area contributed by atoms with Crippen molar-refractivity contribution in [3.63, 3.8) is 0 Å². The van der Waals surface area contributed by atoms with Gasteiger partial charge in [0.15, 0.2) is 0 Å². The molecule has 0 bridgehead atoms. The van der Waals surface area contributed by atoms with Crippen LogP contribution in [0.25, 0.3) is 5.57 Å². The molecule has 0 heterocycles. The minimum Gasteiger partial charge on any atom is -0.508 e. The lowest BCUT2D eigenvalue weighted by Crippen LogP contribution is -2.42. The number of nitrogens with one attached hydrogen (secondary N) is 2. The monoisotopic (exact) mass is 445 g/mol. The number of aromatic hydroxyl groups is 1. The Kier molecular flexibility index (Phi) is 6.65. The Morgan fingerprint density at radius 2 is 1.67 bits per heavy atom. The van der Waals surface area contributed by atoms with Crippen LogP contribution in [0.2, 0.25) is 0 Å². The molecule has 6 heteroatoms. The number of phenolic OH excluding ortho intramolecular Hbond substituents is 1. The van der Waals surface area contributed by atoms with Crippen molar-refractivity contribution in [2.24, 2.45) is 0 Å². The Morgan fingerprint density at radius 1 is 0.970 bits per heavy atom. The van der Waals surface area contributed by atoms with Crippen LogP contribution < -0.4 is 21.5 Å². The van der Waals surface area contributed by atoms with E-state index in [2.05, 4.69) is 39.8 Å². The number of allylic oxidation sites excluding steroid dienone is 1. The minimum absolute atomic E-state index is 0.0212. The molecule has 0 fully saturated rings. The third kappa shape index (κ3) is 5.01. The van der Waals surface area contributed by atoms with Crippen LogP contribution in [-0.4, -0.2) is 42.7 Å². The molecule has 0 unspecified atom stereocenters. The molecule has 0 saturated carbocycles. The first-order valence-electron chi connectivity index (χ1n) is 11.4. The second kappa shape index (κ2) is 9.63. The number of nitrogens with zero attached hydrogens (tertiary/aromatic N) is 1. The standard InChI is InChI=1S/C27H31N3O3/c1-17(14-20-11-10-19-6-4-5-7-23(19)20)29-25-24(26(32)27(25)33)28-16-21(30(2)3)15-18-8-12-22(31)13-9-18/h4-9,11-13,17,21,28-29,31H,10,14-16H2,1-3H3/t17-,21-/m1/s1. The average molecular weight is 446 g/mol. The molecule has 172 valence electrons. The Bertz CT molecular complexity index is 1220. The van der Waals surface area contributed by atoms with Crippen LogP contribution in [0.15, 0.2) is 64.2 Å². The summed E-state index contributed by atoms with van der Waals surface area (Å²) in [6.07, 6.45) is 4.73. The van der Waals surface area contributed by atoms with E-state index in [0.29, 0.717) is 17.9 Å². The number of phenols is 1. The molecule has 6 nitrogen and oxygen atoms in total. The van der Waals surface area contributed by atoms with Gasteiger partial charge in [-0.3, -0.25) is 9.59 Å². The van der Waals surface area contributed by atoms with Crippen molar-refractivity contribution in [1.82, 2.24) is 4.90 Å². The lowest BCUT2D eigenvalue weighted by Gasteiger charge is -2.27. The molecule has 0 aromatic heterocycles. The van der Waals surface area contributed by atoms with Gasteiger partial charge in [-0.1, -0.05) is 42.5 Å². The van der Waals surface area contributed by atoms with E-state index in [9.17, 15) is 14.7 Å². The largest absolute Gasteiger partial charge is 0.508 e. The van der Waals surface area contributed by atoms with E-state index in [0.717, 1.165) is 24.8 Å². The average Bonchev–Trinajstić information content (AvgIpc) is 3.21. The number of hydrogen-bond donors (Lipinski definition) is 3. The predicted molar refractivity (Wildman–Crippen MR) is 135 cm³/mol. The molecule has 0 radical (unpaired) electrons. The number of anilines is 2. The van der Waals surface area contributed by atoms with Gasteiger partial charge in [0.25, 0.3) is 10.9 Å². The first kappa shape index (κ1) is 22.8. The van der Waals surface area contributed by atoms with E-state index in [1.165, 1.54) is 16.7 Å². The van der Waals surface area contributed by atoms with Crippen LogP contribution in [-0.2, 0) is 12.8 Å². The summed E-state index contributed by atoms with van der Waals surface area (Å²) in [5.41, 5.74) is 4.84. The zero-order chi connectivity index (χ0) is 23.5. The van der Waals surface area contributed by atoms with Crippen molar-refractivity contribution in [1.29, 1.82) is 0 Å². The normalized spacial score (nSPS) is 14.7. The molecular formula is C27H31N3O3. The summed E-state index contributed by atoms with van der Waals surface area (Å²) in [6, 6.07) is 15.7. The molecule has 0 aliphatic heterocycles. The van der Waals surface area contributed by atoms with Gasteiger partial charge in [0, 0.05) is 18.6 Å². The molecule has 0 amide bonds. The highest BCUT2D eigenvalue weighted by molar-refractivity contribution is 5.76. The molecule has 0 spiro atoms. The number of benzene rings is 2. The van der Waals surface area contributed by atoms with Crippen LogP contribution in [0.5, 0.6) is 5.75 Å². The zero-order valence-electron chi connectivity index (χ0n) is 19.4. The predicted octanol–water partition coefficient (Wildman–Crippen LogP) is 3.40. The van der Waals surface area contributed by atoms with Gasteiger partial charge in [0.05, 0.1) is 0 Å². The van der Waals surface area contributed by atoms with Crippen molar-refractivity contribution in [2.75, 3.05) is 31.3 Å². The van der Waals surface area contributed by atoms with E-state index in [1.54, 1.807) is 12.1 Å². The topological polar surface area (TPSA) is 81.7 Å². The fourth-order valence-electron chi connectivity index (χ4n) is 4.43. The van der Waals surface area contributed by atoms with Gasteiger partial charge in [0.2, 0.25) is 0 Å². The van der Waals surface area contributed by atoms with Gasteiger partial charge in [-0.2, -0.15) is 0 Å². The van der Waals surface area contributed by atoms with E-state index in [1.807, 2.05) is 39.2 Å². The van der Waals surface area contributed by atoms with Gasteiger partial charge in [-0.15, -0.1) is 0 Å². The van der Waals surface area contributed by atoms with Crippen LogP contribution in [0.1, 0.15) is 30.0 Å². The van der Waals surface area contributed by atoms with Crippen LogP contribution in [0, 0.1) is 0 Å². The SMILES string of the molecule is C[C@H](CC1=CCc2ccccc21)Nc1c(NC[C@@H](Cc2ccc(O)cc2)N(C)C)c(=O)c1=O. The van der Waals surface area contributed by atoms with E-state index in [4.69, 9.17) is 0 Å². The van der Waals surface area contributed by atoms with Gasteiger partial charge in [-0.25, -0.2) is 0 Å². The Balaban J connectivity index is 1.39. The third-order valence-electron chi connectivity index (χ3n) is 6.41. The third-order valence-corrected chi connectivity index (χ3v) is 6.41. The van der Waals surface area contributed by atoms with Gasteiger partial charge in [-0.05, 0) is 74.7 Å². The smallest absolute Gasteiger partial charge is 0.253 e. The fraction of sp³-hybridized carbons (Fsp3) is 0.333. The molecular weight excluding hydrogens is 414 g/mol. The van der Waals surface area contributed by atoms with Crippen molar-refractivity contribution < 1.29 is 5.11 Å². The highest BCUT2D eigenvalue weighted by Crippen LogP contribution is 2.31. The summed E-state index contributed by atoms with van der Waals surface area (Å²) in [5, 5.41) is 16.0. The quantitative estimate of drug-likeness (QED) is 0.415.